The molecule has 10 heteroatoms. The average Bonchev–Trinajstić information content (AvgIpc) is 2.80. The fourth-order valence-electron chi connectivity index (χ4n) is 1.72. The van der Waals surface area contributed by atoms with E-state index in [0.29, 0.717) is 5.56 Å². The van der Waals surface area contributed by atoms with Crippen LogP contribution in [0.15, 0.2) is 22.6 Å². The number of methoxy groups -OCH3 is 1. The van der Waals surface area contributed by atoms with Gasteiger partial charge >= 0.3 is 27.5 Å². The molecule has 0 saturated heterocycles. The number of hydrogen-bond acceptors (Lipinski definition) is 6. The fourth-order valence-corrected chi connectivity index (χ4v) is 2.11. The minimum Gasteiger partial charge on any atom is -0.465 e. The van der Waals surface area contributed by atoms with E-state index in [1.54, 1.807) is 6.92 Å². The van der Waals surface area contributed by atoms with E-state index >= 15 is 0 Å². The lowest BCUT2D eigenvalue weighted by atomic mass is 10.1. The predicted octanol–water partition coefficient (Wildman–Crippen LogP) is 2.76. The predicted molar refractivity (Wildman–Crippen MR) is 67.9 cm³/mol. The molecule has 0 amide bonds. The van der Waals surface area contributed by atoms with Crippen LogP contribution in [0.5, 0.6) is 5.95 Å². The fraction of sp³-hybridized carbons (Fsp3) is 0.250. The highest BCUT2D eigenvalue weighted by Crippen LogP contribution is 2.34. The van der Waals surface area contributed by atoms with Gasteiger partial charge in [-0.15, -0.1) is 0 Å². The molecule has 1 aromatic carbocycles. The van der Waals surface area contributed by atoms with Crippen LogP contribution in [0.3, 0.4) is 0 Å². The molecule has 0 aliphatic carbocycles. The zero-order valence-electron chi connectivity index (χ0n) is 11.2. The van der Waals surface area contributed by atoms with Gasteiger partial charge in [0, 0.05) is 11.5 Å². The van der Waals surface area contributed by atoms with Gasteiger partial charge in [0.1, 0.15) is 5.58 Å². The summed E-state index contributed by atoms with van der Waals surface area (Å²) in [5.74, 6) is -1.65. The van der Waals surface area contributed by atoms with Crippen LogP contribution in [0.4, 0.5) is 13.2 Å². The number of rotatable bonds is 3. The monoisotopic (exact) mass is 338 g/mol. The van der Waals surface area contributed by atoms with Gasteiger partial charge in [-0.05, 0) is 18.6 Å². The standard InChI is InChI=1S/C12H9F3O6S/c1-6-3-4-7(11(16)19-2)8-5-9(20-10(6)8)21-22(17,18)12(13,14)15/h3-5H,1-2H3. The molecule has 0 aliphatic rings. The number of halogens is 3. The second-order valence-electron chi connectivity index (χ2n) is 4.21. The van der Waals surface area contributed by atoms with Gasteiger partial charge in [-0.2, -0.15) is 21.6 Å². The SMILES string of the molecule is COC(=O)c1ccc(C)c2oc(OS(=O)(=O)C(F)(F)F)cc12. The van der Waals surface area contributed by atoms with E-state index in [9.17, 15) is 26.4 Å². The highest BCUT2D eigenvalue weighted by atomic mass is 32.2. The molecule has 0 N–H and O–H groups in total. The maximum Gasteiger partial charge on any atom is 0.534 e. The van der Waals surface area contributed by atoms with Gasteiger partial charge < -0.3 is 13.3 Å². The number of furan rings is 1. The Morgan fingerprint density at radius 2 is 1.91 bits per heavy atom. The minimum absolute atomic E-state index is 0.00565. The summed E-state index contributed by atoms with van der Waals surface area (Å²) < 4.78 is 72.2. The van der Waals surface area contributed by atoms with E-state index in [0.717, 1.165) is 13.2 Å². The highest BCUT2D eigenvalue weighted by Gasteiger charge is 2.49. The number of alkyl halides is 3. The molecule has 0 radical (unpaired) electrons. The zero-order chi connectivity index (χ0) is 16.7. The average molecular weight is 338 g/mol. The second kappa shape index (κ2) is 5.20. The summed E-state index contributed by atoms with van der Waals surface area (Å²) >= 11 is 0. The van der Waals surface area contributed by atoms with Crippen molar-refractivity contribution >= 4 is 27.1 Å². The molecule has 22 heavy (non-hydrogen) atoms. The van der Waals surface area contributed by atoms with Crippen molar-refractivity contribution in [2.75, 3.05) is 7.11 Å². The summed E-state index contributed by atoms with van der Waals surface area (Å²) in [6, 6.07) is 3.74. The Balaban J connectivity index is 2.56. The molecule has 6 nitrogen and oxygen atoms in total. The van der Waals surface area contributed by atoms with E-state index in [4.69, 9.17) is 4.42 Å². The van der Waals surface area contributed by atoms with Crippen LogP contribution in [0.2, 0.25) is 0 Å². The topological polar surface area (TPSA) is 82.8 Å². The van der Waals surface area contributed by atoms with Gasteiger partial charge in [0.25, 0.3) is 0 Å². The van der Waals surface area contributed by atoms with E-state index in [1.807, 2.05) is 0 Å². The smallest absolute Gasteiger partial charge is 0.465 e. The Labute approximate surface area is 122 Å². The highest BCUT2D eigenvalue weighted by molar-refractivity contribution is 7.87. The van der Waals surface area contributed by atoms with Crippen molar-refractivity contribution in [3.63, 3.8) is 0 Å². The third-order valence-electron chi connectivity index (χ3n) is 2.74. The lowest BCUT2D eigenvalue weighted by molar-refractivity contribution is -0.0506. The molecule has 0 fully saturated rings. The number of carbonyl (C=O) groups excluding carboxylic acids is 1. The molecule has 0 aliphatic heterocycles. The Morgan fingerprint density at radius 1 is 1.27 bits per heavy atom. The van der Waals surface area contributed by atoms with Crippen LogP contribution in [-0.2, 0) is 14.9 Å². The van der Waals surface area contributed by atoms with Crippen LogP contribution < -0.4 is 4.18 Å². The maximum atomic E-state index is 12.3. The van der Waals surface area contributed by atoms with Crippen molar-refractivity contribution in [1.29, 1.82) is 0 Å². The molecule has 0 atom stereocenters. The van der Waals surface area contributed by atoms with Crippen LogP contribution in [0.25, 0.3) is 11.0 Å². The van der Waals surface area contributed by atoms with Crippen LogP contribution >= 0.6 is 0 Å². The summed E-state index contributed by atoms with van der Waals surface area (Å²) in [6.45, 7) is 1.56. The first-order valence-electron chi connectivity index (χ1n) is 5.69. The molecule has 0 bridgehead atoms. The van der Waals surface area contributed by atoms with Crippen molar-refractivity contribution in [3.05, 3.63) is 29.3 Å². The molecule has 1 aromatic heterocycles. The largest absolute Gasteiger partial charge is 0.534 e. The number of fused-ring (bicyclic) bond motifs is 1. The molecule has 2 aromatic rings. The van der Waals surface area contributed by atoms with Gasteiger partial charge in [0.15, 0.2) is 0 Å². The third kappa shape index (κ3) is 2.73. The van der Waals surface area contributed by atoms with Crippen molar-refractivity contribution < 1.29 is 39.7 Å². The van der Waals surface area contributed by atoms with E-state index in [1.165, 1.54) is 12.1 Å². The molecule has 2 rings (SSSR count). The van der Waals surface area contributed by atoms with Gasteiger partial charge in [-0.3, -0.25) is 0 Å². The van der Waals surface area contributed by atoms with Gasteiger partial charge in [-0.1, -0.05) is 6.07 Å². The van der Waals surface area contributed by atoms with Gasteiger partial charge in [-0.25, -0.2) is 4.79 Å². The molecule has 1 heterocycles. The molecule has 0 unspecified atom stereocenters. The Kier molecular flexibility index (Phi) is 3.81. The molecular formula is C12H9F3O6S. The molecule has 0 saturated carbocycles. The molecule has 0 spiro atoms. The normalized spacial score (nSPS) is 12.4. The van der Waals surface area contributed by atoms with Crippen molar-refractivity contribution in [3.8, 4) is 5.95 Å². The summed E-state index contributed by atoms with van der Waals surface area (Å²) in [7, 11) is -4.74. The van der Waals surface area contributed by atoms with Crippen molar-refractivity contribution in [2.24, 2.45) is 0 Å². The lowest BCUT2D eigenvalue weighted by Gasteiger charge is -2.06. The van der Waals surface area contributed by atoms with E-state index in [-0.39, 0.29) is 16.5 Å². The minimum atomic E-state index is -5.86. The number of ether oxygens (including phenoxy) is 1. The number of aryl methyl sites for hydroxylation is 1. The van der Waals surface area contributed by atoms with Gasteiger partial charge in [0.2, 0.25) is 0 Å². The van der Waals surface area contributed by atoms with Crippen LogP contribution in [-0.4, -0.2) is 27.0 Å². The Hall–Kier alpha value is -2.23. The number of esters is 1. The molecule has 120 valence electrons. The Morgan fingerprint density at radius 3 is 2.45 bits per heavy atom. The van der Waals surface area contributed by atoms with E-state index < -0.39 is 27.5 Å². The van der Waals surface area contributed by atoms with E-state index in [2.05, 4.69) is 8.92 Å². The maximum absolute atomic E-state index is 12.3. The quantitative estimate of drug-likeness (QED) is 0.486. The summed E-state index contributed by atoms with van der Waals surface area (Å²) in [5, 5.41) is 0.0826. The van der Waals surface area contributed by atoms with Crippen molar-refractivity contribution in [2.45, 2.75) is 12.4 Å². The summed E-state index contributed by atoms with van der Waals surface area (Å²) in [6.07, 6.45) is 0. The second-order valence-corrected chi connectivity index (χ2v) is 5.75. The summed E-state index contributed by atoms with van der Waals surface area (Å²) in [5.41, 5.74) is -5.09. The first kappa shape index (κ1) is 16.1. The molecular weight excluding hydrogens is 329 g/mol. The number of hydrogen-bond donors (Lipinski definition) is 0. The first-order chi connectivity index (χ1) is 10.1. The first-order valence-corrected chi connectivity index (χ1v) is 7.10. The Bertz CT molecular complexity index is 834. The summed E-state index contributed by atoms with van der Waals surface area (Å²) in [4.78, 5) is 11.6. The zero-order valence-corrected chi connectivity index (χ0v) is 12.0. The van der Waals surface area contributed by atoms with Crippen molar-refractivity contribution in [1.82, 2.24) is 0 Å². The van der Waals surface area contributed by atoms with Gasteiger partial charge in [0.05, 0.1) is 12.7 Å². The van der Waals surface area contributed by atoms with Crippen LogP contribution in [0, 0.1) is 6.92 Å². The van der Waals surface area contributed by atoms with Crippen LogP contribution in [0.1, 0.15) is 15.9 Å². The third-order valence-corrected chi connectivity index (χ3v) is 3.69. The number of benzene rings is 1. The lowest BCUT2D eigenvalue weighted by Crippen LogP contribution is -2.27. The number of carbonyl (C=O) groups is 1.